The van der Waals surface area contributed by atoms with Crippen molar-refractivity contribution in [2.45, 2.75) is 37.5 Å². The van der Waals surface area contributed by atoms with E-state index in [2.05, 4.69) is 10.2 Å². The lowest BCUT2D eigenvalue weighted by molar-refractivity contribution is -0.130. The number of amides is 1. The summed E-state index contributed by atoms with van der Waals surface area (Å²) in [6, 6.07) is 5.25. The molecule has 0 bridgehead atoms. The zero-order valence-electron chi connectivity index (χ0n) is 12.1. The van der Waals surface area contributed by atoms with Gasteiger partial charge in [0, 0.05) is 22.1 Å². The molecule has 1 fully saturated rings. The lowest BCUT2D eigenvalue weighted by Crippen LogP contribution is -2.37. The molecule has 0 saturated heterocycles. The summed E-state index contributed by atoms with van der Waals surface area (Å²) >= 11 is 11.8. The first-order valence-corrected chi connectivity index (χ1v) is 7.73. The molecular formula is C15H20Cl2N2O2. The number of benzene rings is 1. The Balaban J connectivity index is 1.97. The highest BCUT2D eigenvalue weighted by molar-refractivity contribution is 6.34. The van der Waals surface area contributed by atoms with Gasteiger partial charge in [-0.3, -0.25) is 4.79 Å². The van der Waals surface area contributed by atoms with Gasteiger partial charge in [0.2, 0.25) is 0 Å². The highest BCUT2D eigenvalue weighted by atomic mass is 35.5. The summed E-state index contributed by atoms with van der Waals surface area (Å²) in [7, 11) is 4.08. The Morgan fingerprint density at radius 1 is 1.29 bits per heavy atom. The van der Waals surface area contributed by atoms with Crippen molar-refractivity contribution in [2.75, 3.05) is 14.1 Å². The monoisotopic (exact) mass is 330 g/mol. The quantitative estimate of drug-likeness (QED) is 0.892. The third-order valence-electron chi connectivity index (χ3n) is 3.93. The molecule has 4 nitrogen and oxygen atoms in total. The van der Waals surface area contributed by atoms with Crippen LogP contribution < -0.4 is 5.32 Å². The van der Waals surface area contributed by atoms with Crippen molar-refractivity contribution in [3.8, 4) is 0 Å². The Morgan fingerprint density at radius 3 is 2.43 bits per heavy atom. The smallest absolute Gasteiger partial charge is 0.253 e. The van der Waals surface area contributed by atoms with Gasteiger partial charge < -0.3 is 15.3 Å². The van der Waals surface area contributed by atoms with Crippen LogP contribution in [0.2, 0.25) is 10.0 Å². The minimum absolute atomic E-state index is 0.106. The van der Waals surface area contributed by atoms with Crippen LogP contribution in [0.1, 0.15) is 30.9 Å². The Bertz CT molecular complexity index is 502. The molecule has 6 heteroatoms. The number of carbonyl (C=O) groups excluding carboxylic acids is 1. The molecule has 3 unspecified atom stereocenters. The fourth-order valence-electron chi connectivity index (χ4n) is 2.72. The maximum Gasteiger partial charge on any atom is 0.253 e. The summed E-state index contributed by atoms with van der Waals surface area (Å²) in [6.45, 7) is 0. The topological polar surface area (TPSA) is 52.6 Å². The van der Waals surface area contributed by atoms with E-state index in [1.54, 1.807) is 18.2 Å². The fraction of sp³-hybridized carbons (Fsp3) is 0.533. The molecule has 0 aliphatic heterocycles. The van der Waals surface area contributed by atoms with Crippen LogP contribution in [0.25, 0.3) is 0 Å². The second-order valence-electron chi connectivity index (χ2n) is 5.74. The predicted molar refractivity (Wildman–Crippen MR) is 84.7 cm³/mol. The van der Waals surface area contributed by atoms with Crippen molar-refractivity contribution in [3.63, 3.8) is 0 Å². The normalized spacial score (nSPS) is 23.3. The fourth-order valence-corrected chi connectivity index (χ4v) is 3.27. The molecular weight excluding hydrogens is 311 g/mol. The Morgan fingerprint density at radius 2 is 1.90 bits per heavy atom. The molecule has 2 rings (SSSR count). The summed E-state index contributed by atoms with van der Waals surface area (Å²) < 4.78 is 0. The van der Waals surface area contributed by atoms with Gasteiger partial charge in [0.15, 0.2) is 6.10 Å². The maximum absolute atomic E-state index is 12.1. The number of aliphatic hydroxyl groups is 1. The van der Waals surface area contributed by atoms with Gasteiger partial charge >= 0.3 is 0 Å². The van der Waals surface area contributed by atoms with Crippen LogP contribution in [0.5, 0.6) is 0 Å². The maximum atomic E-state index is 12.1. The first kappa shape index (κ1) is 16.6. The zero-order chi connectivity index (χ0) is 15.6. The van der Waals surface area contributed by atoms with Gasteiger partial charge in [-0.25, -0.2) is 0 Å². The van der Waals surface area contributed by atoms with Gasteiger partial charge in [-0.2, -0.15) is 0 Å². The largest absolute Gasteiger partial charge is 0.378 e. The molecule has 0 radical (unpaired) electrons. The lowest BCUT2D eigenvalue weighted by atomic mass is 10.1. The number of hydrogen-bond acceptors (Lipinski definition) is 3. The third kappa shape index (κ3) is 4.33. The van der Waals surface area contributed by atoms with Crippen LogP contribution in [0.15, 0.2) is 18.2 Å². The Kier molecular flexibility index (Phi) is 5.49. The molecule has 1 saturated carbocycles. The molecule has 116 valence electrons. The van der Waals surface area contributed by atoms with Crippen LogP contribution >= 0.6 is 23.2 Å². The third-order valence-corrected chi connectivity index (χ3v) is 4.37. The highest BCUT2D eigenvalue weighted by Gasteiger charge is 2.29. The highest BCUT2D eigenvalue weighted by Crippen LogP contribution is 2.26. The predicted octanol–water partition coefficient (Wildman–Crippen LogP) is 2.63. The van der Waals surface area contributed by atoms with Crippen molar-refractivity contribution in [2.24, 2.45) is 0 Å². The van der Waals surface area contributed by atoms with Crippen LogP contribution in [-0.2, 0) is 4.79 Å². The molecule has 0 aromatic heterocycles. The van der Waals surface area contributed by atoms with E-state index in [4.69, 9.17) is 23.2 Å². The molecule has 0 heterocycles. The first-order chi connectivity index (χ1) is 9.86. The molecule has 3 atom stereocenters. The van der Waals surface area contributed by atoms with Gasteiger partial charge in [0.05, 0.1) is 0 Å². The number of rotatable bonds is 4. The van der Waals surface area contributed by atoms with Crippen LogP contribution in [-0.4, -0.2) is 42.1 Å². The first-order valence-electron chi connectivity index (χ1n) is 6.97. The van der Waals surface area contributed by atoms with E-state index in [0.29, 0.717) is 21.7 Å². The van der Waals surface area contributed by atoms with Gasteiger partial charge in [-0.05, 0) is 57.1 Å². The van der Waals surface area contributed by atoms with Gasteiger partial charge in [0.1, 0.15) is 0 Å². The standard InChI is InChI=1S/C15H20Cl2N2O2/c1-19(2)13-4-3-12(8-13)18-15(21)14(20)9-5-10(16)7-11(17)6-9/h5-7,12-14,20H,3-4,8H2,1-2H3,(H,18,21). The van der Waals surface area contributed by atoms with Crippen LogP contribution in [0, 0.1) is 0 Å². The Labute approximate surface area is 135 Å². The lowest BCUT2D eigenvalue weighted by Gasteiger charge is -2.20. The van der Waals surface area contributed by atoms with Crippen molar-refractivity contribution in [1.82, 2.24) is 10.2 Å². The summed E-state index contributed by atoms with van der Waals surface area (Å²) in [6.07, 6.45) is 1.63. The molecule has 1 amide bonds. The van der Waals surface area contributed by atoms with Crippen molar-refractivity contribution in [3.05, 3.63) is 33.8 Å². The Hall–Kier alpha value is -0.810. The van der Waals surface area contributed by atoms with Gasteiger partial charge in [0.25, 0.3) is 5.91 Å². The van der Waals surface area contributed by atoms with Crippen molar-refractivity contribution < 1.29 is 9.90 Å². The number of nitrogens with one attached hydrogen (secondary N) is 1. The second kappa shape index (κ2) is 6.97. The van der Waals surface area contributed by atoms with Crippen molar-refractivity contribution >= 4 is 29.1 Å². The van der Waals surface area contributed by atoms with E-state index >= 15 is 0 Å². The second-order valence-corrected chi connectivity index (χ2v) is 6.61. The molecule has 0 spiro atoms. The number of carbonyl (C=O) groups is 1. The number of aliphatic hydroxyl groups excluding tert-OH is 1. The average Bonchev–Trinajstić information content (AvgIpc) is 2.85. The summed E-state index contributed by atoms with van der Waals surface area (Å²) in [5, 5.41) is 13.8. The molecule has 1 aliphatic carbocycles. The van der Waals surface area contributed by atoms with Gasteiger partial charge in [-0.1, -0.05) is 23.2 Å². The number of nitrogens with zero attached hydrogens (tertiary/aromatic N) is 1. The summed E-state index contributed by atoms with van der Waals surface area (Å²) in [5.74, 6) is -0.405. The average molecular weight is 331 g/mol. The van der Waals surface area contributed by atoms with E-state index in [1.807, 2.05) is 14.1 Å². The zero-order valence-corrected chi connectivity index (χ0v) is 13.7. The van der Waals surface area contributed by atoms with Crippen molar-refractivity contribution in [1.29, 1.82) is 0 Å². The minimum Gasteiger partial charge on any atom is -0.378 e. The molecule has 1 aromatic carbocycles. The number of halogens is 2. The molecule has 2 N–H and O–H groups in total. The van der Waals surface area contributed by atoms with E-state index in [9.17, 15) is 9.90 Å². The van der Waals surface area contributed by atoms with Gasteiger partial charge in [-0.15, -0.1) is 0 Å². The van der Waals surface area contributed by atoms with Crippen LogP contribution in [0.4, 0.5) is 0 Å². The SMILES string of the molecule is CN(C)C1CCC(NC(=O)C(O)c2cc(Cl)cc(Cl)c2)C1. The summed E-state index contributed by atoms with van der Waals surface area (Å²) in [5.41, 5.74) is 0.409. The van der Waals surface area contributed by atoms with Crippen LogP contribution in [0.3, 0.4) is 0 Å². The van der Waals surface area contributed by atoms with E-state index in [-0.39, 0.29) is 6.04 Å². The molecule has 21 heavy (non-hydrogen) atoms. The molecule has 1 aromatic rings. The van der Waals surface area contributed by atoms with E-state index in [1.165, 1.54) is 0 Å². The molecule has 1 aliphatic rings. The summed E-state index contributed by atoms with van der Waals surface area (Å²) in [4.78, 5) is 14.3. The van der Waals surface area contributed by atoms with E-state index < -0.39 is 12.0 Å². The minimum atomic E-state index is -1.25. The van der Waals surface area contributed by atoms with E-state index in [0.717, 1.165) is 19.3 Å². The number of hydrogen-bond donors (Lipinski definition) is 2.